The number of halogens is 4. The van der Waals surface area contributed by atoms with E-state index in [0.29, 0.717) is 68.9 Å². The molecule has 0 aliphatic carbocycles. The molecular formula is C37H35ClF3N9O5. The van der Waals surface area contributed by atoms with Crippen molar-refractivity contribution in [2.24, 2.45) is 0 Å². The van der Waals surface area contributed by atoms with E-state index in [2.05, 4.69) is 20.4 Å². The lowest BCUT2D eigenvalue weighted by molar-refractivity contribution is -0.137. The molecular weight excluding hydrogens is 743 g/mol. The summed E-state index contributed by atoms with van der Waals surface area (Å²) >= 11 is 6.18. The van der Waals surface area contributed by atoms with Crippen molar-refractivity contribution in [3.63, 3.8) is 0 Å². The van der Waals surface area contributed by atoms with Gasteiger partial charge < -0.3 is 29.5 Å². The van der Waals surface area contributed by atoms with Gasteiger partial charge in [-0.3, -0.25) is 14.4 Å². The minimum atomic E-state index is -4.62. The molecule has 2 amide bonds. The van der Waals surface area contributed by atoms with Crippen LogP contribution >= 0.6 is 11.6 Å². The second kappa shape index (κ2) is 13.9. The summed E-state index contributed by atoms with van der Waals surface area (Å²) in [6.45, 7) is 4.80. The smallest absolute Gasteiger partial charge is 0.416 e. The zero-order chi connectivity index (χ0) is 38.8. The first kappa shape index (κ1) is 36.4. The van der Waals surface area contributed by atoms with Crippen LogP contribution in [-0.2, 0) is 41.9 Å². The topological polar surface area (TPSA) is 160 Å². The van der Waals surface area contributed by atoms with Gasteiger partial charge in [-0.05, 0) is 68.0 Å². The number of piperidine rings is 1. The van der Waals surface area contributed by atoms with Crippen molar-refractivity contribution >= 4 is 40.6 Å². The van der Waals surface area contributed by atoms with Gasteiger partial charge in [0.25, 0.3) is 11.5 Å². The third-order valence-electron chi connectivity index (χ3n) is 10.6. The Morgan fingerprint density at radius 1 is 1.05 bits per heavy atom. The van der Waals surface area contributed by atoms with Crippen LogP contribution in [0.2, 0.25) is 5.02 Å². The summed E-state index contributed by atoms with van der Waals surface area (Å²) < 4.78 is 48.3. The van der Waals surface area contributed by atoms with Gasteiger partial charge in [-0.15, -0.1) is 5.10 Å². The predicted octanol–water partition coefficient (Wildman–Crippen LogP) is 5.15. The largest absolute Gasteiger partial charge is 0.504 e. The van der Waals surface area contributed by atoms with Crippen LogP contribution in [0.25, 0.3) is 17.2 Å². The molecule has 55 heavy (non-hydrogen) atoms. The van der Waals surface area contributed by atoms with Crippen LogP contribution in [0.4, 0.5) is 24.5 Å². The van der Waals surface area contributed by atoms with Gasteiger partial charge in [0.2, 0.25) is 11.7 Å². The summed E-state index contributed by atoms with van der Waals surface area (Å²) in [5, 5.41) is 17.6. The molecule has 5 aromatic rings. The van der Waals surface area contributed by atoms with Crippen molar-refractivity contribution in [2.45, 2.75) is 77.5 Å². The number of benzene rings is 2. The summed E-state index contributed by atoms with van der Waals surface area (Å²) in [5.41, 5.74) is 2.21. The Hall–Kier alpha value is -5.55. The van der Waals surface area contributed by atoms with Gasteiger partial charge in [0.05, 0.1) is 46.9 Å². The Morgan fingerprint density at radius 2 is 1.85 bits per heavy atom. The van der Waals surface area contributed by atoms with E-state index in [4.69, 9.17) is 21.3 Å². The molecule has 2 aromatic carbocycles. The highest BCUT2D eigenvalue weighted by molar-refractivity contribution is 6.33. The van der Waals surface area contributed by atoms with Crippen LogP contribution in [0.15, 0.2) is 47.5 Å². The number of carbonyl (C=O) groups excluding carboxylic acids is 2. The lowest BCUT2D eigenvalue weighted by Crippen LogP contribution is -2.53. The number of fused-ring (bicyclic) bond motifs is 3. The Kier molecular flexibility index (Phi) is 9.23. The van der Waals surface area contributed by atoms with Gasteiger partial charge in [0.15, 0.2) is 17.3 Å². The summed E-state index contributed by atoms with van der Waals surface area (Å²) in [6, 6.07) is 7.73. The van der Waals surface area contributed by atoms with E-state index in [-0.39, 0.29) is 58.1 Å². The van der Waals surface area contributed by atoms with Crippen LogP contribution in [0.1, 0.15) is 64.8 Å². The van der Waals surface area contributed by atoms with Gasteiger partial charge in [-0.2, -0.15) is 22.7 Å². The van der Waals surface area contributed by atoms with Gasteiger partial charge in [-0.25, -0.2) is 9.97 Å². The predicted molar refractivity (Wildman–Crippen MR) is 194 cm³/mol. The van der Waals surface area contributed by atoms with E-state index < -0.39 is 29.1 Å². The number of carbonyl (C=O) groups is 2. The number of nitrogens with one attached hydrogen (secondary N) is 1. The molecule has 18 heteroatoms. The molecule has 0 saturated carbocycles. The van der Waals surface area contributed by atoms with Crippen LogP contribution in [0, 0.1) is 6.92 Å². The van der Waals surface area contributed by atoms with Crippen molar-refractivity contribution in [1.29, 1.82) is 0 Å². The number of anilines is 2. The first-order valence-electron chi connectivity index (χ1n) is 17.8. The maximum absolute atomic E-state index is 14.7. The summed E-state index contributed by atoms with van der Waals surface area (Å²) in [4.78, 5) is 58.7. The first-order chi connectivity index (χ1) is 26.3. The van der Waals surface area contributed by atoms with Gasteiger partial charge in [-0.1, -0.05) is 30.7 Å². The fourth-order valence-electron chi connectivity index (χ4n) is 7.93. The first-order valence-corrected chi connectivity index (χ1v) is 18.2. The average Bonchev–Trinajstić information content (AvgIpc) is 3.92. The second-order valence-corrected chi connectivity index (χ2v) is 14.2. The number of likely N-dealkylation sites (tertiary alicyclic amines) is 1. The lowest BCUT2D eigenvalue weighted by atomic mass is 9.96. The molecule has 2 N–H and O–H groups in total. The lowest BCUT2D eigenvalue weighted by Gasteiger charge is -2.40. The number of hydrogen-bond acceptors (Lipinski definition) is 10. The SMILES string of the molecule is CCc1c(N2CCC3C2CCCN3C(=O)c2ncnc(C)c2O)c(=O)n2nc(-c3ccc4c(c3)COC4)nc2n1CC(=O)Nc1ccc(C(F)(F)F)cc1Cl. The van der Waals surface area contributed by atoms with E-state index in [0.717, 1.165) is 29.3 Å². The maximum Gasteiger partial charge on any atom is 0.416 e. The van der Waals surface area contributed by atoms with Crippen molar-refractivity contribution in [1.82, 2.24) is 34.0 Å². The number of aryl methyl sites for hydroxylation is 1. The molecule has 14 nitrogen and oxygen atoms in total. The molecule has 2 unspecified atom stereocenters. The van der Waals surface area contributed by atoms with Crippen LogP contribution in [0.5, 0.6) is 5.75 Å². The quantitative estimate of drug-likeness (QED) is 0.226. The number of alkyl halides is 3. The molecule has 3 aliphatic heterocycles. The number of aromatic nitrogens is 6. The van der Waals surface area contributed by atoms with Crippen molar-refractivity contribution in [3.8, 4) is 17.1 Å². The Bertz CT molecular complexity index is 2430. The molecule has 3 aliphatic rings. The summed E-state index contributed by atoms with van der Waals surface area (Å²) in [7, 11) is 0. The molecule has 286 valence electrons. The minimum absolute atomic E-state index is 0.0169. The Balaban J connectivity index is 1.20. The molecule has 6 heterocycles. The van der Waals surface area contributed by atoms with Gasteiger partial charge in [0.1, 0.15) is 18.6 Å². The number of hydrogen-bond donors (Lipinski definition) is 2. The molecule has 2 atom stereocenters. The number of aromatic hydroxyl groups is 1. The van der Waals surface area contributed by atoms with Crippen LogP contribution in [0.3, 0.4) is 0 Å². The molecule has 3 aromatic heterocycles. The zero-order valence-corrected chi connectivity index (χ0v) is 30.5. The summed E-state index contributed by atoms with van der Waals surface area (Å²) in [5.74, 6) is -0.987. The minimum Gasteiger partial charge on any atom is -0.504 e. The maximum atomic E-state index is 14.7. The van der Waals surface area contributed by atoms with Crippen LogP contribution in [-0.4, -0.2) is 76.1 Å². The number of nitrogens with zero attached hydrogens (tertiary/aromatic N) is 8. The van der Waals surface area contributed by atoms with Crippen molar-refractivity contribution < 1.29 is 32.6 Å². The van der Waals surface area contributed by atoms with E-state index in [1.165, 1.54) is 10.8 Å². The zero-order valence-electron chi connectivity index (χ0n) is 29.7. The Morgan fingerprint density at radius 3 is 2.62 bits per heavy atom. The standard InChI is InChI=1S/C37H35ClF3N9O5/c1-3-26-31(47-12-10-28-27(47)5-4-11-48(28)34(53)30-32(52)19(2)42-18-43-30)35(54)50-36(45-33(46-50)20-6-7-21-16-55-17-22(21)13-20)49(26)15-29(51)44-25-9-8-23(14-24(25)38)37(39,40)41/h6-9,13-14,18,27-28,52H,3-5,10-12,15-17H2,1-2H3,(H,44,51). The normalized spacial score (nSPS) is 18.1. The fraction of sp³-hybridized carbons (Fsp3) is 0.378. The fourth-order valence-corrected chi connectivity index (χ4v) is 8.16. The average molecular weight is 778 g/mol. The van der Waals surface area contributed by atoms with Gasteiger partial charge in [0, 0.05) is 24.7 Å². The molecule has 2 saturated heterocycles. The second-order valence-electron chi connectivity index (χ2n) is 13.8. The summed E-state index contributed by atoms with van der Waals surface area (Å²) in [6.07, 6.45) is -1.28. The van der Waals surface area contributed by atoms with Gasteiger partial charge >= 0.3 is 6.18 Å². The molecule has 0 spiro atoms. The number of ether oxygens (including phenoxy) is 1. The van der Waals surface area contributed by atoms with Crippen molar-refractivity contribution in [2.75, 3.05) is 23.3 Å². The highest BCUT2D eigenvalue weighted by Gasteiger charge is 2.45. The highest BCUT2D eigenvalue weighted by Crippen LogP contribution is 2.37. The third kappa shape index (κ3) is 6.44. The molecule has 8 rings (SSSR count). The van der Waals surface area contributed by atoms with E-state index in [1.807, 2.05) is 30.0 Å². The molecule has 0 bridgehead atoms. The van der Waals surface area contributed by atoms with E-state index >= 15 is 0 Å². The number of rotatable bonds is 7. The monoisotopic (exact) mass is 777 g/mol. The van der Waals surface area contributed by atoms with E-state index in [9.17, 15) is 32.7 Å². The van der Waals surface area contributed by atoms with E-state index in [1.54, 1.807) is 16.4 Å². The molecule has 0 radical (unpaired) electrons. The highest BCUT2D eigenvalue weighted by atomic mass is 35.5. The van der Waals surface area contributed by atoms with Crippen LogP contribution < -0.4 is 15.8 Å². The Labute approximate surface area is 316 Å². The van der Waals surface area contributed by atoms with Crippen molar-refractivity contribution in [3.05, 3.63) is 91.9 Å². The number of amides is 2. The third-order valence-corrected chi connectivity index (χ3v) is 10.9. The molecule has 2 fully saturated rings.